The van der Waals surface area contributed by atoms with E-state index in [1.54, 1.807) is 13.8 Å². The number of aryl methyl sites for hydroxylation is 1. The van der Waals surface area contributed by atoms with Crippen molar-refractivity contribution in [2.24, 2.45) is 0 Å². The molecule has 1 heterocycles. The summed E-state index contributed by atoms with van der Waals surface area (Å²) in [6, 6.07) is 0.229. The van der Waals surface area contributed by atoms with E-state index in [-0.39, 0.29) is 30.0 Å². The molecule has 6 nitrogen and oxygen atoms in total. The minimum atomic E-state index is -0.242. The molecule has 20 heavy (non-hydrogen) atoms. The first kappa shape index (κ1) is 14.6. The summed E-state index contributed by atoms with van der Waals surface area (Å²) in [6.07, 6.45) is 5.57. The first-order chi connectivity index (χ1) is 9.49. The Morgan fingerprint density at radius 1 is 1.35 bits per heavy atom. The molecule has 0 bridgehead atoms. The first-order valence-corrected chi connectivity index (χ1v) is 7.12. The Bertz CT molecular complexity index is 559. The number of rotatable bonds is 3. The lowest BCUT2D eigenvalue weighted by Gasteiger charge is -2.23. The second-order valence-corrected chi connectivity index (χ2v) is 5.47. The number of hydrogen-bond acceptors (Lipinski definition) is 4. The summed E-state index contributed by atoms with van der Waals surface area (Å²) >= 11 is 0. The Morgan fingerprint density at radius 3 is 2.65 bits per heavy atom. The van der Waals surface area contributed by atoms with Gasteiger partial charge in [0, 0.05) is 17.3 Å². The Balaban J connectivity index is 2.08. The minimum Gasteiger partial charge on any atom is -0.369 e. The van der Waals surface area contributed by atoms with Crippen LogP contribution in [0.5, 0.6) is 0 Å². The normalized spacial score (nSPS) is 16.1. The monoisotopic (exact) mass is 278 g/mol. The lowest BCUT2D eigenvalue weighted by atomic mass is 9.95. The molecule has 1 aliphatic rings. The molecular formula is C14H22N4O2. The van der Waals surface area contributed by atoms with Crippen LogP contribution in [0.2, 0.25) is 0 Å². The van der Waals surface area contributed by atoms with Crippen LogP contribution in [-0.2, 0) is 11.3 Å². The number of nitrogens with two attached hydrogens (primary N) is 1. The zero-order chi connectivity index (χ0) is 14.7. The van der Waals surface area contributed by atoms with Crippen LogP contribution in [0, 0.1) is 13.8 Å². The predicted octanol–water partition coefficient (Wildman–Crippen LogP) is 0.891. The minimum absolute atomic E-state index is 0.0602. The number of carbonyl (C=O) groups excluding carboxylic acids is 1. The second kappa shape index (κ2) is 6.07. The van der Waals surface area contributed by atoms with E-state index in [0.29, 0.717) is 11.3 Å². The van der Waals surface area contributed by atoms with Crippen molar-refractivity contribution in [3.05, 3.63) is 21.6 Å². The molecule has 1 fully saturated rings. The third-order valence-corrected chi connectivity index (χ3v) is 3.94. The summed E-state index contributed by atoms with van der Waals surface area (Å²) < 4.78 is 1.24. The average Bonchev–Trinajstić information content (AvgIpc) is 2.42. The summed E-state index contributed by atoms with van der Waals surface area (Å²) in [5.74, 6) is -0.0763. The summed E-state index contributed by atoms with van der Waals surface area (Å²) in [5.41, 5.74) is 6.64. The zero-order valence-electron chi connectivity index (χ0n) is 12.1. The van der Waals surface area contributed by atoms with Crippen LogP contribution in [0.15, 0.2) is 4.79 Å². The fourth-order valence-corrected chi connectivity index (χ4v) is 2.59. The van der Waals surface area contributed by atoms with Crippen LogP contribution < -0.4 is 16.6 Å². The average molecular weight is 278 g/mol. The van der Waals surface area contributed by atoms with Gasteiger partial charge in [-0.25, -0.2) is 4.98 Å². The molecule has 1 amide bonds. The highest BCUT2D eigenvalue weighted by Crippen LogP contribution is 2.17. The Morgan fingerprint density at radius 2 is 2.00 bits per heavy atom. The number of nitrogen functional groups attached to an aromatic ring is 1. The molecule has 0 aromatic carbocycles. The van der Waals surface area contributed by atoms with Crippen molar-refractivity contribution in [3.8, 4) is 0 Å². The molecular weight excluding hydrogens is 256 g/mol. The summed E-state index contributed by atoms with van der Waals surface area (Å²) in [7, 11) is 0. The van der Waals surface area contributed by atoms with Crippen molar-refractivity contribution in [1.82, 2.24) is 14.9 Å². The Hall–Kier alpha value is -1.85. The molecule has 0 atom stereocenters. The standard InChI is InChI=1S/C14H22N4O2/c1-9-10(2)16-14(15)18(13(9)20)8-12(19)17-11-6-4-3-5-7-11/h11H,3-8H2,1-2H3,(H2,15,16)(H,17,19). The molecule has 2 rings (SSSR count). The van der Waals surface area contributed by atoms with E-state index in [9.17, 15) is 9.59 Å². The number of amides is 1. The van der Waals surface area contributed by atoms with E-state index < -0.39 is 0 Å². The maximum absolute atomic E-state index is 12.1. The molecule has 0 aliphatic heterocycles. The van der Waals surface area contributed by atoms with Gasteiger partial charge >= 0.3 is 0 Å². The van der Waals surface area contributed by atoms with E-state index in [4.69, 9.17) is 5.73 Å². The molecule has 0 unspecified atom stereocenters. The van der Waals surface area contributed by atoms with Gasteiger partial charge in [0.1, 0.15) is 6.54 Å². The van der Waals surface area contributed by atoms with Gasteiger partial charge in [-0.05, 0) is 26.7 Å². The van der Waals surface area contributed by atoms with Crippen molar-refractivity contribution in [2.75, 3.05) is 5.73 Å². The smallest absolute Gasteiger partial charge is 0.258 e. The van der Waals surface area contributed by atoms with Gasteiger partial charge in [0.15, 0.2) is 0 Å². The molecule has 6 heteroatoms. The third kappa shape index (κ3) is 3.18. The van der Waals surface area contributed by atoms with Gasteiger partial charge in [-0.15, -0.1) is 0 Å². The largest absolute Gasteiger partial charge is 0.369 e. The second-order valence-electron chi connectivity index (χ2n) is 5.47. The van der Waals surface area contributed by atoms with Crippen LogP contribution in [0.3, 0.4) is 0 Å². The van der Waals surface area contributed by atoms with Crippen molar-refractivity contribution < 1.29 is 4.79 Å². The van der Waals surface area contributed by atoms with Gasteiger partial charge in [0.2, 0.25) is 11.9 Å². The molecule has 110 valence electrons. The SMILES string of the molecule is Cc1nc(N)n(CC(=O)NC2CCCCC2)c(=O)c1C. The Kier molecular flexibility index (Phi) is 4.42. The molecule has 0 spiro atoms. The van der Waals surface area contributed by atoms with Crippen LogP contribution in [0.4, 0.5) is 5.95 Å². The van der Waals surface area contributed by atoms with Gasteiger partial charge in [0.05, 0.1) is 0 Å². The highest BCUT2D eigenvalue weighted by Gasteiger charge is 2.17. The molecule has 1 aliphatic carbocycles. The summed E-state index contributed by atoms with van der Waals surface area (Å²) in [4.78, 5) is 28.2. The van der Waals surface area contributed by atoms with Crippen LogP contribution >= 0.6 is 0 Å². The van der Waals surface area contributed by atoms with E-state index in [1.165, 1.54) is 11.0 Å². The van der Waals surface area contributed by atoms with Gasteiger partial charge in [-0.1, -0.05) is 19.3 Å². The lowest BCUT2D eigenvalue weighted by Crippen LogP contribution is -2.40. The quantitative estimate of drug-likeness (QED) is 0.859. The molecule has 0 saturated heterocycles. The third-order valence-electron chi connectivity index (χ3n) is 3.94. The van der Waals surface area contributed by atoms with E-state index in [0.717, 1.165) is 25.7 Å². The first-order valence-electron chi connectivity index (χ1n) is 7.12. The topological polar surface area (TPSA) is 90.0 Å². The highest BCUT2D eigenvalue weighted by atomic mass is 16.2. The van der Waals surface area contributed by atoms with Crippen molar-refractivity contribution in [2.45, 2.75) is 58.5 Å². The van der Waals surface area contributed by atoms with Crippen LogP contribution in [0.25, 0.3) is 0 Å². The van der Waals surface area contributed by atoms with Gasteiger partial charge < -0.3 is 11.1 Å². The lowest BCUT2D eigenvalue weighted by molar-refractivity contribution is -0.122. The van der Waals surface area contributed by atoms with E-state index in [1.807, 2.05) is 0 Å². The van der Waals surface area contributed by atoms with Crippen molar-refractivity contribution in [1.29, 1.82) is 0 Å². The molecule has 1 aromatic rings. The number of hydrogen-bond donors (Lipinski definition) is 2. The maximum Gasteiger partial charge on any atom is 0.258 e. The molecule has 0 radical (unpaired) electrons. The number of carbonyl (C=O) groups is 1. The van der Waals surface area contributed by atoms with Crippen LogP contribution in [0.1, 0.15) is 43.4 Å². The predicted molar refractivity (Wildman–Crippen MR) is 77.4 cm³/mol. The highest BCUT2D eigenvalue weighted by molar-refractivity contribution is 5.76. The maximum atomic E-state index is 12.1. The van der Waals surface area contributed by atoms with E-state index in [2.05, 4.69) is 10.3 Å². The molecule has 1 saturated carbocycles. The fraction of sp³-hybridized carbons (Fsp3) is 0.643. The Labute approximate surface area is 118 Å². The van der Waals surface area contributed by atoms with Gasteiger partial charge in [-0.3, -0.25) is 14.2 Å². The fourth-order valence-electron chi connectivity index (χ4n) is 2.59. The molecule has 3 N–H and O–H groups in total. The summed E-state index contributed by atoms with van der Waals surface area (Å²) in [5, 5.41) is 2.97. The van der Waals surface area contributed by atoms with Crippen LogP contribution in [-0.4, -0.2) is 21.5 Å². The zero-order valence-corrected chi connectivity index (χ0v) is 12.1. The van der Waals surface area contributed by atoms with Crippen molar-refractivity contribution >= 4 is 11.9 Å². The van der Waals surface area contributed by atoms with Gasteiger partial charge in [0.25, 0.3) is 5.56 Å². The molecule has 1 aromatic heterocycles. The van der Waals surface area contributed by atoms with E-state index >= 15 is 0 Å². The summed E-state index contributed by atoms with van der Waals surface area (Å²) in [6.45, 7) is 3.37. The number of anilines is 1. The number of nitrogens with zero attached hydrogens (tertiary/aromatic N) is 2. The van der Waals surface area contributed by atoms with Crippen molar-refractivity contribution in [3.63, 3.8) is 0 Å². The number of aromatic nitrogens is 2. The van der Waals surface area contributed by atoms with Gasteiger partial charge in [-0.2, -0.15) is 0 Å². The number of nitrogens with one attached hydrogen (secondary N) is 1.